The summed E-state index contributed by atoms with van der Waals surface area (Å²) in [5, 5.41) is 21.4. The van der Waals surface area contributed by atoms with Gasteiger partial charge in [-0.25, -0.2) is 19.4 Å². The third kappa shape index (κ3) is 15.9. The Balaban J connectivity index is 0.000000753. The van der Waals surface area contributed by atoms with E-state index >= 15 is 0 Å². The summed E-state index contributed by atoms with van der Waals surface area (Å²) < 4.78 is 101. The summed E-state index contributed by atoms with van der Waals surface area (Å²) in [5.74, 6) is -7.54. The molecule has 3 rings (SSSR count). The number of halogens is 9. The maximum atomic E-state index is 10.6. The minimum Gasteiger partial charge on any atom is -0.481 e. The van der Waals surface area contributed by atoms with E-state index < -0.39 is 36.4 Å². The van der Waals surface area contributed by atoms with Crippen molar-refractivity contribution in [2.24, 2.45) is 0 Å². The second-order valence-corrected chi connectivity index (χ2v) is 9.00. The van der Waals surface area contributed by atoms with Crippen LogP contribution in [0.1, 0.15) is 17.5 Å². The molecule has 2 aromatic heterocycles. The van der Waals surface area contributed by atoms with E-state index in [0.29, 0.717) is 12.1 Å². The topological polar surface area (TPSA) is 153 Å². The predicted molar refractivity (Wildman–Crippen MR) is 136 cm³/mol. The molecule has 0 spiro atoms. The summed E-state index contributed by atoms with van der Waals surface area (Å²) in [6, 6.07) is 9.29. The van der Waals surface area contributed by atoms with E-state index in [1.54, 1.807) is 13.3 Å². The molecule has 2 atom stereocenters. The van der Waals surface area contributed by atoms with E-state index in [2.05, 4.69) is 46.0 Å². The van der Waals surface area contributed by atoms with Gasteiger partial charge in [0.2, 0.25) is 5.88 Å². The standard InChI is InChI=1S/C19H26N4O.3C2HF3O2/c1-22(2)17-8-11-23(14-16-7-5-10-21-19(16)24-3)18(17)12-15-6-4-9-20-13-15;3*3-2(4,5)1(6)7/h4-7,9-10,13,17-18H,8,11-12,14H2,1-3H3;3*(H,6,7)/t17-,18+;;;/m1.../s1. The summed E-state index contributed by atoms with van der Waals surface area (Å²) in [6.45, 7) is 1.96. The van der Waals surface area contributed by atoms with Crippen LogP contribution in [0.2, 0.25) is 0 Å². The van der Waals surface area contributed by atoms with Gasteiger partial charge in [0.25, 0.3) is 0 Å². The average Bonchev–Trinajstić information content (AvgIpc) is 3.31. The Morgan fingerprint density at radius 1 is 0.889 bits per heavy atom. The molecule has 2 aromatic rings. The number of carboxylic acids is 3. The number of alkyl halides is 9. The van der Waals surface area contributed by atoms with Gasteiger partial charge < -0.3 is 25.0 Å². The minimum atomic E-state index is -5.08. The lowest BCUT2D eigenvalue weighted by atomic mass is 10.00. The van der Waals surface area contributed by atoms with E-state index in [4.69, 9.17) is 34.4 Å². The summed E-state index contributed by atoms with van der Waals surface area (Å²) in [5.41, 5.74) is 2.44. The van der Waals surface area contributed by atoms with Crippen molar-refractivity contribution in [3.05, 3.63) is 54.0 Å². The summed E-state index contributed by atoms with van der Waals surface area (Å²) in [6.07, 6.45) is -7.46. The molecule has 254 valence electrons. The summed E-state index contributed by atoms with van der Waals surface area (Å²) in [7, 11) is 6.04. The molecule has 1 fully saturated rings. The average molecular weight is 669 g/mol. The highest BCUT2D eigenvalue weighted by atomic mass is 19.4. The monoisotopic (exact) mass is 668 g/mol. The maximum absolute atomic E-state index is 10.6. The highest BCUT2D eigenvalue weighted by Crippen LogP contribution is 2.28. The molecule has 0 aliphatic carbocycles. The first-order valence-corrected chi connectivity index (χ1v) is 12.2. The molecule has 0 unspecified atom stereocenters. The van der Waals surface area contributed by atoms with E-state index in [1.807, 2.05) is 24.5 Å². The SMILES string of the molecule is COc1ncccc1CN1CC[C@@H](N(C)C)[C@@H]1Cc1cccnc1.O=C(O)C(F)(F)F.O=C(O)C(F)(F)F.O=C(O)C(F)(F)F. The molecule has 3 heterocycles. The number of methoxy groups -OCH3 is 1. The highest BCUT2D eigenvalue weighted by molar-refractivity contribution is 5.73. The number of aliphatic carboxylic acids is 3. The van der Waals surface area contributed by atoms with Gasteiger partial charge in [-0.2, -0.15) is 39.5 Å². The number of hydrogen-bond donors (Lipinski definition) is 3. The third-order valence-electron chi connectivity index (χ3n) is 5.60. The minimum absolute atomic E-state index is 0.467. The fourth-order valence-electron chi connectivity index (χ4n) is 3.67. The number of likely N-dealkylation sites (N-methyl/N-ethyl adjacent to an activating group) is 1. The summed E-state index contributed by atoms with van der Waals surface area (Å²) >= 11 is 0. The molecule has 11 nitrogen and oxygen atoms in total. The summed E-state index contributed by atoms with van der Waals surface area (Å²) in [4.78, 5) is 40.2. The molecule has 20 heteroatoms. The van der Waals surface area contributed by atoms with Gasteiger partial charge in [-0.05, 0) is 44.6 Å². The molecular weight excluding hydrogens is 639 g/mol. The van der Waals surface area contributed by atoms with Gasteiger partial charge in [0.1, 0.15) is 0 Å². The van der Waals surface area contributed by atoms with Crippen LogP contribution in [0, 0.1) is 0 Å². The maximum Gasteiger partial charge on any atom is 0.490 e. The number of carboxylic acid groups (broad SMARTS) is 3. The smallest absolute Gasteiger partial charge is 0.481 e. The molecule has 0 amide bonds. The molecule has 0 aromatic carbocycles. The number of hydrogen-bond acceptors (Lipinski definition) is 8. The predicted octanol–water partition coefficient (Wildman–Crippen LogP) is 4.13. The second-order valence-electron chi connectivity index (χ2n) is 9.00. The van der Waals surface area contributed by atoms with Gasteiger partial charge in [-0.1, -0.05) is 12.1 Å². The number of rotatable bonds is 6. The molecular formula is C25H29F9N4O7. The zero-order valence-corrected chi connectivity index (χ0v) is 23.7. The Morgan fingerprint density at radius 2 is 1.36 bits per heavy atom. The van der Waals surface area contributed by atoms with Crippen molar-refractivity contribution in [1.29, 1.82) is 0 Å². The normalized spacial score (nSPS) is 16.6. The Hall–Kier alpha value is -4.20. The Morgan fingerprint density at radius 3 is 1.73 bits per heavy atom. The van der Waals surface area contributed by atoms with Crippen LogP contribution in [0.25, 0.3) is 0 Å². The number of aromatic nitrogens is 2. The van der Waals surface area contributed by atoms with Crippen LogP contribution in [0.15, 0.2) is 42.9 Å². The van der Waals surface area contributed by atoms with Crippen LogP contribution in [0.5, 0.6) is 5.88 Å². The number of carbonyl (C=O) groups is 3. The molecule has 1 saturated heterocycles. The van der Waals surface area contributed by atoms with E-state index in [9.17, 15) is 39.5 Å². The lowest BCUT2D eigenvalue weighted by Gasteiger charge is -2.31. The third-order valence-corrected chi connectivity index (χ3v) is 5.60. The molecule has 45 heavy (non-hydrogen) atoms. The molecule has 0 radical (unpaired) electrons. The fraction of sp³-hybridized carbons (Fsp3) is 0.480. The van der Waals surface area contributed by atoms with Crippen LogP contribution >= 0.6 is 0 Å². The van der Waals surface area contributed by atoms with Crippen molar-refractivity contribution < 1.29 is 74.0 Å². The van der Waals surface area contributed by atoms with E-state index in [-0.39, 0.29) is 0 Å². The Kier molecular flexibility index (Phi) is 16.3. The van der Waals surface area contributed by atoms with Gasteiger partial charge in [-0.3, -0.25) is 9.88 Å². The largest absolute Gasteiger partial charge is 0.490 e. The lowest BCUT2D eigenvalue weighted by Crippen LogP contribution is -2.43. The number of likely N-dealkylation sites (tertiary alicyclic amines) is 1. The Bertz CT molecular complexity index is 1150. The fourth-order valence-corrected chi connectivity index (χ4v) is 3.67. The van der Waals surface area contributed by atoms with Gasteiger partial charge in [0.05, 0.1) is 7.11 Å². The van der Waals surface area contributed by atoms with E-state index in [1.165, 1.54) is 12.0 Å². The molecule has 1 aliphatic heterocycles. The number of pyridine rings is 2. The van der Waals surface area contributed by atoms with Gasteiger partial charge in [0, 0.05) is 49.3 Å². The van der Waals surface area contributed by atoms with Crippen molar-refractivity contribution in [2.75, 3.05) is 27.7 Å². The van der Waals surface area contributed by atoms with Crippen molar-refractivity contribution in [1.82, 2.24) is 19.8 Å². The molecule has 1 aliphatic rings. The van der Waals surface area contributed by atoms with E-state index in [0.717, 1.165) is 31.0 Å². The molecule has 0 bridgehead atoms. The Labute approximate surface area is 249 Å². The first kappa shape index (κ1) is 40.8. The van der Waals surface area contributed by atoms with Gasteiger partial charge in [-0.15, -0.1) is 0 Å². The van der Waals surface area contributed by atoms with Crippen LogP contribution in [0.3, 0.4) is 0 Å². The van der Waals surface area contributed by atoms with Gasteiger partial charge >= 0.3 is 36.4 Å². The van der Waals surface area contributed by atoms with Gasteiger partial charge in [0.15, 0.2) is 0 Å². The second kappa shape index (κ2) is 17.9. The van der Waals surface area contributed by atoms with Crippen molar-refractivity contribution in [3.63, 3.8) is 0 Å². The highest BCUT2D eigenvalue weighted by Gasteiger charge is 2.39. The van der Waals surface area contributed by atoms with Crippen molar-refractivity contribution >= 4 is 17.9 Å². The quantitative estimate of drug-likeness (QED) is 0.381. The van der Waals surface area contributed by atoms with Crippen LogP contribution in [0.4, 0.5) is 39.5 Å². The van der Waals surface area contributed by atoms with Crippen LogP contribution < -0.4 is 4.74 Å². The molecule has 0 saturated carbocycles. The van der Waals surface area contributed by atoms with Crippen LogP contribution in [-0.4, -0.2) is 111 Å². The lowest BCUT2D eigenvalue weighted by molar-refractivity contribution is -0.193. The van der Waals surface area contributed by atoms with Crippen molar-refractivity contribution in [3.8, 4) is 5.88 Å². The first-order valence-electron chi connectivity index (χ1n) is 12.2. The number of nitrogens with zero attached hydrogens (tertiary/aromatic N) is 4. The zero-order chi connectivity index (χ0) is 35.2. The number of ether oxygens (including phenoxy) is 1. The molecule has 3 N–H and O–H groups in total. The first-order chi connectivity index (χ1) is 20.5. The van der Waals surface area contributed by atoms with Crippen LogP contribution in [-0.2, 0) is 27.3 Å². The zero-order valence-electron chi connectivity index (χ0n) is 23.7. The van der Waals surface area contributed by atoms with Crippen molar-refractivity contribution in [2.45, 2.75) is 50.0 Å².